The first-order chi connectivity index (χ1) is 7.79. The van der Waals surface area contributed by atoms with Crippen molar-refractivity contribution in [1.29, 1.82) is 5.26 Å². The smallest absolute Gasteiger partial charge is 0.103 e. The molecule has 1 aromatic rings. The molecule has 1 aliphatic rings. The zero-order chi connectivity index (χ0) is 11.4. The molecule has 0 saturated carbocycles. The van der Waals surface area contributed by atoms with Gasteiger partial charge in [0.15, 0.2) is 0 Å². The lowest BCUT2D eigenvalue weighted by Gasteiger charge is -2.22. The Morgan fingerprint density at radius 2 is 1.81 bits per heavy atom. The van der Waals surface area contributed by atoms with E-state index >= 15 is 0 Å². The van der Waals surface area contributed by atoms with Gasteiger partial charge in [-0.25, -0.2) is 0 Å². The standard InChI is InChI=1S/C14H12BrN/c15-10-14(11-16)8-6-13(7-9-14)12-4-2-1-3-5-12/h1-9,13H,10H2. The highest BCUT2D eigenvalue weighted by Crippen LogP contribution is 2.32. The molecule has 0 heterocycles. The van der Waals surface area contributed by atoms with Crippen LogP contribution in [0.5, 0.6) is 0 Å². The molecule has 0 aromatic heterocycles. The van der Waals surface area contributed by atoms with Crippen LogP contribution in [0.25, 0.3) is 0 Å². The minimum absolute atomic E-state index is 0.293. The Labute approximate surface area is 104 Å². The normalized spacial score (nSPS) is 27.6. The summed E-state index contributed by atoms with van der Waals surface area (Å²) < 4.78 is 0. The van der Waals surface area contributed by atoms with Crippen molar-refractivity contribution in [2.24, 2.45) is 5.41 Å². The van der Waals surface area contributed by atoms with Gasteiger partial charge in [-0.2, -0.15) is 5.26 Å². The van der Waals surface area contributed by atoms with Crippen LogP contribution in [-0.4, -0.2) is 5.33 Å². The summed E-state index contributed by atoms with van der Waals surface area (Å²) in [4.78, 5) is 0. The molecule has 0 amide bonds. The summed E-state index contributed by atoms with van der Waals surface area (Å²) in [7, 11) is 0. The van der Waals surface area contributed by atoms with Gasteiger partial charge in [-0.1, -0.05) is 70.6 Å². The fraction of sp³-hybridized carbons (Fsp3) is 0.214. The zero-order valence-corrected chi connectivity index (χ0v) is 10.4. The Morgan fingerprint density at radius 1 is 1.19 bits per heavy atom. The average molecular weight is 274 g/mol. The fourth-order valence-corrected chi connectivity index (χ4v) is 2.26. The maximum Gasteiger partial charge on any atom is 0.103 e. The van der Waals surface area contributed by atoms with Gasteiger partial charge < -0.3 is 0 Å². The van der Waals surface area contributed by atoms with Crippen molar-refractivity contribution in [3.8, 4) is 6.07 Å². The zero-order valence-electron chi connectivity index (χ0n) is 8.81. The Morgan fingerprint density at radius 3 is 2.31 bits per heavy atom. The first kappa shape index (κ1) is 11.2. The summed E-state index contributed by atoms with van der Waals surface area (Å²) in [6.45, 7) is 0. The van der Waals surface area contributed by atoms with E-state index in [2.05, 4.69) is 46.3 Å². The van der Waals surface area contributed by atoms with Gasteiger partial charge in [-0.05, 0) is 5.56 Å². The number of hydrogen-bond acceptors (Lipinski definition) is 1. The van der Waals surface area contributed by atoms with Crippen LogP contribution in [0.4, 0.5) is 0 Å². The molecule has 16 heavy (non-hydrogen) atoms. The van der Waals surface area contributed by atoms with E-state index in [1.807, 2.05) is 30.4 Å². The summed E-state index contributed by atoms with van der Waals surface area (Å²) in [5, 5.41) is 9.76. The molecule has 2 rings (SSSR count). The van der Waals surface area contributed by atoms with Gasteiger partial charge >= 0.3 is 0 Å². The fourth-order valence-electron chi connectivity index (χ4n) is 1.76. The van der Waals surface area contributed by atoms with Gasteiger partial charge in [0.05, 0.1) is 6.07 Å². The minimum atomic E-state index is -0.467. The molecule has 0 N–H and O–H groups in total. The highest BCUT2D eigenvalue weighted by atomic mass is 79.9. The third kappa shape index (κ3) is 2.10. The van der Waals surface area contributed by atoms with Crippen LogP contribution in [0.3, 0.4) is 0 Å². The quantitative estimate of drug-likeness (QED) is 0.594. The van der Waals surface area contributed by atoms with E-state index in [0.29, 0.717) is 11.2 Å². The van der Waals surface area contributed by atoms with Gasteiger partial charge in [0.2, 0.25) is 0 Å². The van der Waals surface area contributed by atoms with E-state index < -0.39 is 5.41 Å². The summed E-state index contributed by atoms with van der Waals surface area (Å²) >= 11 is 3.38. The van der Waals surface area contributed by atoms with Crippen LogP contribution in [-0.2, 0) is 0 Å². The predicted molar refractivity (Wildman–Crippen MR) is 69.3 cm³/mol. The van der Waals surface area contributed by atoms with Crippen molar-refractivity contribution < 1.29 is 0 Å². The van der Waals surface area contributed by atoms with Gasteiger partial charge in [-0.3, -0.25) is 0 Å². The van der Waals surface area contributed by atoms with Crippen molar-refractivity contribution in [3.63, 3.8) is 0 Å². The summed E-state index contributed by atoms with van der Waals surface area (Å²) in [5.41, 5.74) is 0.793. The molecule has 0 saturated heterocycles. The van der Waals surface area contributed by atoms with E-state index in [9.17, 15) is 0 Å². The van der Waals surface area contributed by atoms with Crippen molar-refractivity contribution in [1.82, 2.24) is 0 Å². The number of allylic oxidation sites excluding steroid dienone is 4. The number of hydrogen-bond donors (Lipinski definition) is 0. The Hall–Kier alpha value is -1.33. The SMILES string of the molecule is N#CC1(CBr)C=CC(c2ccccc2)C=C1. The highest BCUT2D eigenvalue weighted by Gasteiger charge is 2.25. The van der Waals surface area contributed by atoms with E-state index in [1.165, 1.54) is 5.56 Å². The number of benzene rings is 1. The van der Waals surface area contributed by atoms with Crippen molar-refractivity contribution in [2.75, 3.05) is 5.33 Å². The molecule has 0 spiro atoms. The molecule has 1 nitrogen and oxygen atoms in total. The molecule has 0 aliphatic heterocycles. The molecule has 0 unspecified atom stereocenters. The predicted octanol–water partition coefficient (Wildman–Crippen LogP) is 3.80. The van der Waals surface area contributed by atoms with E-state index in [-0.39, 0.29) is 0 Å². The Balaban J connectivity index is 2.22. The number of nitrogens with zero attached hydrogens (tertiary/aromatic N) is 1. The summed E-state index contributed by atoms with van der Waals surface area (Å²) in [6, 6.07) is 12.6. The average Bonchev–Trinajstić information content (AvgIpc) is 2.40. The van der Waals surface area contributed by atoms with Gasteiger partial charge in [0, 0.05) is 11.2 Å². The van der Waals surface area contributed by atoms with Crippen molar-refractivity contribution in [3.05, 3.63) is 60.2 Å². The highest BCUT2D eigenvalue weighted by molar-refractivity contribution is 9.09. The molecule has 0 bridgehead atoms. The van der Waals surface area contributed by atoms with E-state index in [0.717, 1.165) is 0 Å². The number of rotatable bonds is 2. The second kappa shape index (κ2) is 4.67. The lowest BCUT2D eigenvalue weighted by Crippen LogP contribution is -2.17. The molecule has 2 heteroatoms. The molecule has 1 aliphatic carbocycles. The van der Waals surface area contributed by atoms with Gasteiger partial charge in [0.25, 0.3) is 0 Å². The molecule has 80 valence electrons. The van der Waals surface area contributed by atoms with Crippen LogP contribution < -0.4 is 0 Å². The first-order valence-corrected chi connectivity index (χ1v) is 6.33. The van der Waals surface area contributed by atoms with Crippen molar-refractivity contribution >= 4 is 15.9 Å². The van der Waals surface area contributed by atoms with Crippen LogP contribution in [0.2, 0.25) is 0 Å². The molecule has 0 atom stereocenters. The van der Waals surface area contributed by atoms with Crippen molar-refractivity contribution in [2.45, 2.75) is 5.92 Å². The maximum atomic E-state index is 9.12. The van der Waals surface area contributed by atoms with Gasteiger partial charge in [0.1, 0.15) is 5.41 Å². The second-order valence-corrected chi connectivity index (χ2v) is 4.50. The van der Waals surface area contributed by atoms with Crippen LogP contribution >= 0.6 is 15.9 Å². The number of alkyl halides is 1. The molecular formula is C14H12BrN. The topological polar surface area (TPSA) is 23.8 Å². The summed E-state index contributed by atoms with van der Waals surface area (Å²) in [6.07, 6.45) is 8.17. The van der Waals surface area contributed by atoms with Crippen LogP contribution in [0, 0.1) is 16.7 Å². The first-order valence-electron chi connectivity index (χ1n) is 5.20. The monoisotopic (exact) mass is 273 g/mol. The third-order valence-electron chi connectivity index (χ3n) is 2.82. The molecular weight excluding hydrogens is 262 g/mol. The molecule has 0 fully saturated rings. The largest absolute Gasteiger partial charge is 0.197 e. The second-order valence-electron chi connectivity index (χ2n) is 3.94. The number of nitriles is 1. The van der Waals surface area contributed by atoms with E-state index in [4.69, 9.17) is 5.26 Å². The minimum Gasteiger partial charge on any atom is -0.197 e. The van der Waals surface area contributed by atoms with E-state index in [1.54, 1.807) is 0 Å². The van der Waals surface area contributed by atoms with Gasteiger partial charge in [-0.15, -0.1) is 0 Å². The molecule has 0 radical (unpaired) electrons. The lowest BCUT2D eigenvalue weighted by molar-refractivity contribution is 0.728. The third-order valence-corrected chi connectivity index (χ3v) is 3.74. The van der Waals surface area contributed by atoms with Crippen LogP contribution in [0.15, 0.2) is 54.6 Å². The molecule has 1 aromatic carbocycles. The van der Waals surface area contributed by atoms with Crippen LogP contribution in [0.1, 0.15) is 11.5 Å². The lowest BCUT2D eigenvalue weighted by atomic mass is 9.82. The Bertz CT molecular complexity index is 439. The Kier molecular flexibility index (Phi) is 3.26. The number of halogens is 1. The summed E-state index contributed by atoms with van der Waals surface area (Å²) in [5.74, 6) is 0.293. The maximum absolute atomic E-state index is 9.12.